The maximum absolute atomic E-state index is 12.6. The first-order chi connectivity index (χ1) is 44.0. The van der Waals surface area contributed by atoms with Crippen LogP contribution in [0.4, 0.5) is 0 Å². The van der Waals surface area contributed by atoms with E-state index in [9.17, 15) is 19.8 Å². The van der Waals surface area contributed by atoms with E-state index in [1.54, 1.807) is 0 Å². The summed E-state index contributed by atoms with van der Waals surface area (Å²) in [5, 5.41) is 23.5. The van der Waals surface area contributed by atoms with Gasteiger partial charge in [0.2, 0.25) is 5.91 Å². The first kappa shape index (κ1) is 87.3. The molecule has 0 saturated heterocycles. The molecule has 1 amide bonds. The minimum absolute atomic E-state index is 0.00955. The third kappa shape index (κ3) is 75.3. The molecule has 0 fully saturated rings. The largest absolute Gasteiger partial charge is 0.466 e. The Bertz CT molecular complexity index is 1400. The van der Waals surface area contributed by atoms with Crippen LogP contribution in [0.5, 0.6) is 0 Å². The highest BCUT2D eigenvalue weighted by Gasteiger charge is 2.20. The van der Waals surface area contributed by atoms with Gasteiger partial charge >= 0.3 is 5.97 Å². The maximum atomic E-state index is 12.6. The van der Waals surface area contributed by atoms with Gasteiger partial charge in [0.1, 0.15) is 0 Å². The number of carbonyl (C=O) groups excluding carboxylic acids is 2. The Labute approximate surface area is 558 Å². The Morgan fingerprint density at radius 2 is 0.573 bits per heavy atom. The summed E-state index contributed by atoms with van der Waals surface area (Å²) in [6, 6.07) is -0.538. The zero-order chi connectivity index (χ0) is 64.2. The monoisotopic (exact) mass is 1250 g/mol. The fourth-order valence-electron chi connectivity index (χ4n) is 13.3. The van der Waals surface area contributed by atoms with Gasteiger partial charge in [0.25, 0.3) is 0 Å². The first-order valence-electron chi connectivity index (χ1n) is 41.1. The van der Waals surface area contributed by atoms with E-state index < -0.39 is 12.1 Å². The topological polar surface area (TPSA) is 95.9 Å². The number of aliphatic hydroxyl groups is 2. The molecule has 6 heteroatoms. The fraction of sp³-hybridized carbons (Fsp3) is 0.928. The molecule has 3 N–H and O–H groups in total. The lowest BCUT2D eigenvalue weighted by Crippen LogP contribution is -2.45. The van der Waals surface area contributed by atoms with Gasteiger partial charge in [-0.25, -0.2) is 0 Å². The second-order valence-corrected chi connectivity index (χ2v) is 28.5. The highest BCUT2D eigenvalue weighted by atomic mass is 16.5. The van der Waals surface area contributed by atoms with Crippen LogP contribution in [0.25, 0.3) is 0 Å². The van der Waals surface area contributed by atoms with Crippen LogP contribution in [0.2, 0.25) is 0 Å². The molecule has 0 bridgehead atoms. The van der Waals surface area contributed by atoms with Crippen molar-refractivity contribution in [2.75, 3.05) is 13.2 Å². The number of aliphatic hydroxyl groups excluding tert-OH is 2. The third-order valence-electron chi connectivity index (χ3n) is 19.5. The van der Waals surface area contributed by atoms with Crippen molar-refractivity contribution in [3.63, 3.8) is 0 Å². The predicted octanol–water partition coefficient (Wildman–Crippen LogP) is 27.2. The smallest absolute Gasteiger partial charge is 0.305 e. The maximum Gasteiger partial charge on any atom is 0.305 e. The van der Waals surface area contributed by atoms with Gasteiger partial charge in [-0.3, -0.25) is 9.59 Å². The van der Waals surface area contributed by atoms with Crippen LogP contribution in [0.3, 0.4) is 0 Å². The van der Waals surface area contributed by atoms with Crippen molar-refractivity contribution in [3.8, 4) is 0 Å². The zero-order valence-corrected chi connectivity index (χ0v) is 60.7. The van der Waals surface area contributed by atoms with E-state index in [1.165, 1.54) is 385 Å². The summed E-state index contributed by atoms with van der Waals surface area (Å²) < 4.78 is 5.49. The van der Waals surface area contributed by atoms with E-state index >= 15 is 0 Å². The van der Waals surface area contributed by atoms with Crippen molar-refractivity contribution in [1.29, 1.82) is 0 Å². The predicted molar refractivity (Wildman–Crippen MR) is 393 cm³/mol. The Morgan fingerprint density at radius 3 is 0.888 bits per heavy atom. The molecular weight excluding hydrogens is 1090 g/mol. The van der Waals surface area contributed by atoms with E-state index in [0.29, 0.717) is 25.9 Å². The van der Waals surface area contributed by atoms with Crippen LogP contribution in [-0.4, -0.2) is 47.4 Å². The van der Waals surface area contributed by atoms with Gasteiger partial charge in [-0.2, -0.15) is 0 Å². The summed E-state index contributed by atoms with van der Waals surface area (Å²) in [5.41, 5.74) is 0. The van der Waals surface area contributed by atoms with Crippen molar-refractivity contribution in [2.24, 2.45) is 0 Å². The Hall–Kier alpha value is -1.66. The normalized spacial score (nSPS) is 12.5. The van der Waals surface area contributed by atoms with E-state index in [2.05, 4.69) is 43.5 Å². The summed E-state index contributed by atoms with van der Waals surface area (Å²) in [6.07, 6.45) is 101. The van der Waals surface area contributed by atoms with Crippen molar-refractivity contribution in [1.82, 2.24) is 5.32 Å². The SMILES string of the molecule is CCCC/C=C\C/C=C\CCCCCCCC(=O)OCCCCCCCCCCCCCCCCCCCCCCCCCCCCCCCCCCCCCCCC(=O)NC(CO)C(O)CCCCCCCCCCCCCCCCCCCCCCC. The molecule has 2 atom stereocenters. The molecule has 0 aliphatic rings. The van der Waals surface area contributed by atoms with Crippen LogP contribution >= 0.6 is 0 Å². The summed E-state index contributed by atoms with van der Waals surface area (Å²) in [5.74, 6) is -0.0141. The molecule has 0 aromatic rings. The van der Waals surface area contributed by atoms with Gasteiger partial charge in [-0.1, -0.05) is 430 Å². The Kier molecular flexibility index (Phi) is 77.3. The average Bonchev–Trinajstić information content (AvgIpc) is 3.60. The van der Waals surface area contributed by atoms with E-state index in [-0.39, 0.29) is 18.5 Å². The molecular formula is C83H161NO5. The third-order valence-corrected chi connectivity index (χ3v) is 19.5. The van der Waals surface area contributed by atoms with Gasteiger partial charge < -0.3 is 20.3 Å². The highest BCUT2D eigenvalue weighted by molar-refractivity contribution is 5.76. The number of rotatable bonds is 78. The standard InChI is InChI=1S/C83H161NO5/c1-3-5-7-9-11-13-15-17-19-20-21-39-42-45-48-51-55-59-63-67-71-75-81(86)80(79-85)84-82(87)76-72-68-64-60-56-52-49-46-43-40-37-35-33-31-29-27-25-23-22-24-26-28-30-32-34-36-38-41-44-47-50-54-58-62-66-70-74-78-89-83(88)77-73-69-65-61-57-53-18-16-14-12-10-8-6-4-2/h10,12,16,18,80-81,85-86H,3-9,11,13-15,17,19-79H2,1-2H3,(H,84,87)/b12-10-,18-16-. The molecule has 0 saturated carbocycles. The molecule has 0 aromatic carbocycles. The molecule has 89 heavy (non-hydrogen) atoms. The van der Waals surface area contributed by atoms with Crippen molar-refractivity contribution >= 4 is 11.9 Å². The quantitative estimate of drug-likeness (QED) is 0.0320. The van der Waals surface area contributed by atoms with Gasteiger partial charge in [0.15, 0.2) is 0 Å². The van der Waals surface area contributed by atoms with Gasteiger partial charge in [-0.15, -0.1) is 0 Å². The lowest BCUT2D eigenvalue weighted by Gasteiger charge is -2.22. The van der Waals surface area contributed by atoms with Gasteiger partial charge in [0, 0.05) is 12.8 Å². The summed E-state index contributed by atoms with van der Waals surface area (Å²) in [4.78, 5) is 24.6. The Morgan fingerprint density at radius 1 is 0.315 bits per heavy atom. The minimum Gasteiger partial charge on any atom is -0.466 e. The van der Waals surface area contributed by atoms with Crippen molar-refractivity contribution in [2.45, 2.75) is 482 Å². The molecule has 0 radical (unpaired) electrons. The number of amides is 1. The molecule has 0 aliphatic heterocycles. The van der Waals surface area contributed by atoms with Crippen LogP contribution in [0.1, 0.15) is 470 Å². The summed E-state index contributed by atoms with van der Waals surface area (Å²) in [7, 11) is 0. The van der Waals surface area contributed by atoms with Crippen molar-refractivity contribution in [3.05, 3.63) is 24.3 Å². The molecule has 0 aromatic heterocycles. The number of nitrogens with one attached hydrogen (secondary N) is 1. The number of hydrogen-bond donors (Lipinski definition) is 3. The van der Waals surface area contributed by atoms with E-state index in [0.717, 1.165) is 51.4 Å². The lowest BCUT2D eigenvalue weighted by atomic mass is 10.0. The van der Waals surface area contributed by atoms with E-state index in [4.69, 9.17) is 4.74 Å². The number of carbonyl (C=O) groups is 2. The molecule has 0 aliphatic carbocycles. The Balaban J connectivity index is 3.31. The molecule has 6 nitrogen and oxygen atoms in total. The molecule has 528 valence electrons. The zero-order valence-electron chi connectivity index (χ0n) is 60.7. The fourth-order valence-corrected chi connectivity index (χ4v) is 13.3. The number of hydrogen-bond acceptors (Lipinski definition) is 5. The minimum atomic E-state index is -0.661. The van der Waals surface area contributed by atoms with Crippen molar-refractivity contribution < 1.29 is 24.5 Å². The average molecular weight is 1250 g/mol. The number of ether oxygens (including phenoxy) is 1. The van der Waals surface area contributed by atoms with Crippen LogP contribution in [0, 0.1) is 0 Å². The van der Waals surface area contributed by atoms with Crippen LogP contribution < -0.4 is 5.32 Å². The highest BCUT2D eigenvalue weighted by Crippen LogP contribution is 2.21. The number of unbranched alkanes of at least 4 members (excludes halogenated alkanes) is 63. The van der Waals surface area contributed by atoms with Crippen LogP contribution in [0.15, 0.2) is 24.3 Å². The number of allylic oxidation sites excluding steroid dienone is 4. The first-order valence-corrected chi connectivity index (χ1v) is 41.1. The van der Waals surface area contributed by atoms with Gasteiger partial charge in [0.05, 0.1) is 25.4 Å². The molecule has 2 unspecified atom stereocenters. The van der Waals surface area contributed by atoms with Crippen LogP contribution in [-0.2, 0) is 14.3 Å². The molecule has 0 spiro atoms. The molecule has 0 heterocycles. The van der Waals surface area contributed by atoms with Gasteiger partial charge in [-0.05, 0) is 51.4 Å². The lowest BCUT2D eigenvalue weighted by molar-refractivity contribution is -0.143. The molecule has 0 rings (SSSR count). The second kappa shape index (κ2) is 78.8. The second-order valence-electron chi connectivity index (χ2n) is 28.5. The summed E-state index contributed by atoms with van der Waals surface area (Å²) in [6.45, 7) is 4.96. The van der Waals surface area contributed by atoms with E-state index in [1.807, 2.05) is 0 Å². The summed E-state index contributed by atoms with van der Waals surface area (Å²) >= 11 is 0. The number of esters is 1.